The standard InChI is InChI=1S/C17H25NO3/c1-11(2)15-6-5-13(9-12(15)3)21-14-7-8-17(10-14,18-4)16(19)20/h5-6,9,11,14,18H,7-8,10H2,1-4H3,(H,19,20). The van der Waals surface area contributed by atoms with Gasteiger partial charge in [-0.25, -0.2) is 0 Å². The van der Waals surface area contributed by atoms with Gasteiger partial charge in [-0.05, 0) is 56.0 Å². The van der Waals surface area contributed by atoms with E-state index in [9.17, 15) is 9.90 Å². The lowest BCUT2D eigenvalue weighted by molar-refractivity contribution is -0.144. The number of aliphatic carboxylic acids is 1. The molecule has 1 saturated carbocycles. The van der Waals surface area contributed by atoms with Gasteiger partial charge in [0, 0.05) is 6.42 Å². The van der Waals surface area contributed by atoms with E-state index in [0.29, 0.717) is 18.8 Å². The summed E-state index contributed by atoms with van der Waals surface area (Å²) in [7, 11) is 1.71. The molecule has 1 fully saturated rings. The van der Waals surface area contributed by atoms with E-state index in [-0.39, 0.29) is 6.10 Å². The van der Waals surface area contributed by atoms with Crippen LogP contribution in [0, 0.1) is 6.92 Å². The molecule has 0 radical (unpaired) electrons. The lowest BCUT2D eigenvalue weighted by Gasteiger charge is -2.23. The largest absolute Gasteiger partial charge is 0.490 e. The van der Waals surface area contributed by atoms with Crippen LogP contribution < -0.4 is 10.1 Å². The van der Waals surface area contributed by atoms with Crippen LogP contribution in [0.2, 0.25) is 0 Å². The van der Waals surface area contributed by atoms with Gasteiger partial charge in [-0.15, -0.1) is 0 Å². The van der Waals surface area contributed by atoms with Gasteiger partial charge in [-0.2, -0.15) is 0 Å². The van der Waals surface area contributed by atoms with Crippen LogP contribution >= 0.6 is 0 Å². The predicted molar refractivity (Wildman–Crippen MR) is 83.0 cm³/mol. The van der Waals surface area contributed by atoms with Gasteiger partial charge in [0.1, 0.15) is 17.4 Å². The highest BCUT2D eigenvalue weighted by Gasteiger charge is 2.45. The maximum Gasteiger partial charge on any atom is 0.324 e. The maximum atomic E-state index is 11.4. The van der Waals surface area contributed by atoms with E-state index in [2.05, 4.69) is 38.2 Å². The summed E-state index contributed by atoms with van der Waals surface area (Å²) in [6, 6.07) is 6.14. The quantitative estimate of drug-likeness (QED) is 0.875. The number of likely N-dealkylation sites (N-methyl/N-ethyl adjacent to an activating group) is 1. The van der Waals surface area contributed by atoms with Gasteiger partial charge in [0.15, 0.2) is 0 Å². The first-order chi connectivity index (χ1) is 9.88. The van der Waals surface area contributed by atoms with Gasteiger partial charge < -0.3 is 15.2 Å². The molecule has 4 heteroatoms. The van der Waals surface area contributed by atoms with Crippen LogP contribution in [0.25, 0.3) is 0 Å². The Hall–Kier alpha value is -1.55. The zero-order valence-corrected chi connectivity index (χ0v) is 13.3. The van der Waals surface area contributed by atoms with Crippen molar-refractivity contribution in [3.8, 4) is 5.75 Å². The Morgan fingerprint density at radius 2 is 2.19 bits per heavy atom. The molecule has 21 heavy (non-hydrogen) atoms. The smallest absolute Gasteiger partial charge is 0.324 e. The first kappa shape index (κ1) is 15.8. The first-order valence-electron chi connectivity index (χ1n) is 7.57. The summed E-state index contributed by atoms with van der Waals surface area (Å²) in [4.78, 5) is 11.4. The minimum atomic E-state index is -0.836. The number of carboxylic acid groups (broad SMARTS) is 1. The van der Waals surface area contributed by atoms with Crippen molar-refractivity contribution in [1.29, 1.82) is 0 Å². The topological polar surface area (TPSA) is 58.6 Å². The minimum absolute atomic E-state index is 0.0437. The summed E-state index contributed by atoms with van der Waals surface area (Å²) in [5.74, 6) is 0.538. The summed E-state index contributed by atoms with van der Waals surface area (Å²) < 4.78 is 5.99. The predicted octanol–water partition coefficient (Wildman–Crippen LogP) is 3.09. The molecule has 0 aromatic heterocycles. The van der Waals surface area contributed by atoms with Crippen LogP contribution in [-0.4, -0.2) is 29.8 Å². The highest BCUT2D eigenvalue weighted by atomic mass is 16.5. The van der Waals surface area contributed by atoms with Crippen LogP contribution in [0.15, 0.2) is 18.2 Å². The molecule has 2 N–H and O–H groups in total. The van der Waals surface area contributed by atoms with Gasteiger partial charge in [0.25, 0.3) is 0 Å². The Kier molecular flexibility index (Phi) is 4.57. The Morgan fingerprint density at radius 3 is 2.67 bits per heavy atom. The third-order valence-electron chi connectivity index (χ3n) is 4.52. The Morgan fingerprint density at radius 1 is 1.48 bits per heavy atom. The average molecular weight is 291 g/mol. The maximum absolute atomic E-state index is 11.4. The van der Waals surface area contributed by atoms with E-state index in [4.69, 9.17) is 4.74 Å². The molecule has 4 nitrogen and oxygen atoms in total. The van der Waals surface area contributed by atoms with Crippen molar-refractivity contribution in [3.05, 3.63) is 29.3 Å². The fraction of sp³-hybridized carbons (Fsp3) is 0.588. The second-order valence-corrected chi connectivity index (χ2v) is 6.29. The molecule has 2 rings (SSSR count). The van der Waals surface area contributed by atoms with Gasteiger partial charge >= 0.3 is 5.97 Å². The molecule has 116 valence electrons. The van der Waals surface area contributed by atoms with Gasteiger partial charge in [-0.3, -0.25) is 4.79 Å². The molecule has 1 aliphatic carbocycles. The fourth-order valence-electron chi connectivity index (χ4n) is 3.19. The SMILES string of the molecule is CNC1(C(=O)O)CCC(Oc2ccc(C(C)C)c(C)c2)C1. The highest BCUT2D eigenvalue weighted by molar-refractivity contribution is 5.79. The third kappa shape index (κ3) is 3.21. The number of ether oxygens (including phenoxy) is 1. The highest BCUT2D eigenvalue weighted by Crippen LogP contribution is 2.33. The molecule has 0 saturated heterocycles. The van der Waals surface area contributed by atoms with E-state index < -0.39 is 11.5 Å². The monoisotopic (exact) mass is 291 g/mol. The number of carboxylic acids is 1. The van der Waals surface area contributed by atoms with Gasteiger partial charge in [0.05, 0.1) is 0 Å². The first-order valence-corrected chi connectivity index (χ1v) is 7.57. The summed E-state index contributed by atoms with van der Waals surface area (Å²) in [6.45, 7) is 6.44. The van der Waals surface area contributed by atoms with E-state index >= 15 is 0 Å². The number of carbonyl (C=O) groups is 1. The van der Waals surface area contributed by atoms with Gasteiger partial charge in [0.2, 0.25) is 0 Å². The molecule has 0 spiro atoms. The lowest BCUT2D eigenvalue weighted by atomic mass is 9.98. The Labute approximate surface area is 126 Å². The van der Waals surface area contributed by atoms with E-state index in [1.807, 2.05) is 6.07 Å². The molecule has 1 aliphatic rings. The van der Waals surface area contributed by atoms with Crippen molar-refractivity contribution in [2.75, 3.05) is 7.05 Å². The van der Waals surface area contributed by atoms with Gasteiger partial charge in [-0.1, -0.05) is 19.9 Å². The minimum Gasteiger partial charge on any atom is -0.490 e. The number of aryl methyl sites for hydroxylation is 1. The van der Waals surface area contributed by atoms with E-state index in [1.165, 1.54) is 11.1 Å². The Bertz CT molecular complexity index is 527. The molecule has 2 unspecified atom stereocenters. The number of hydrogen-bond acceptors (Lipinski definition) is 3. The molecule has 0 amide bonds. The van der Waals surface area contributed by atoms with Crippen molar-refractivity contribution in [3.63, 3.8) is 0 Å². The van der Waals surface area contributed by atoms with Crippen molar-refractivity contribution in [2.45, 2.75) is 57.6 Å². The second-order valence-electron chi connectivity index (χ2n) is 6.29. The number of rotatable bonds is 5. The molecule has 1 aromatic rings. The van der Waals surface area contributed by atoms with Crippen LogP contribution in [-0.2, 0) is 4.79 Å². The molecular formula is C17H25NO3. The number of benzene rings is 1. The zero-order chi connectivity index (χ0) is 15.6. The van der Waals surface area contributed by atoms with Crippen LogP contribution in [0.5, 0.6) is 5.75 Å². The molecule has 0 bridgehead atoms. The van der Waals surface area contributed by atoms with E-state index in [0.717, 1.165) is 12.2 Å². The summed E-state index contributed by atoms with van der Waals surface area (Å²) in [5.41, 5.74) is 1.71. The average Bonchev–Trinajstić information content (AvgIpc) is 2.83. The fourth-order valence-corrected chi connectivity index (χ4v) is 3.19. The molecule has 0 heterocycles. The van der Waals surface area contributed by atoms with Crippen LogP contribution in [0.3, 0.4) is 0 Å². The third-order valence-corrected chi connectivity index (χ3v) is 4.52. The number of hydrogen-bond donors (Lipinski definition) is 2. The normalized spacial score (nSPS) is 25.3. The van der Waals surface area contributed by atoms with Crippen molar-refractivity contribution >= 4 is 5.97 Å². The molecule has 1 aromatic carbocycles. The summed E-state index contributed by atoms with van der Waals surface area (Å²) in [5, 5.41) is 12.3. The molecule has 0 aliphatic heterocycles. The zero-order valence-electron chi connectivity index (χ0n) is 13.3. The van der Waals surface area contributed by atoms with Crippen LogP contribution in [0.4, 0.5) is 0 Å². The second kappa shape index (κ2) is 6.06. The lowest BCUT2D eigenvalue weighted by Crippen LogP contribution is -2.48. The Balaban J connectivity index is 2.07. The van der Waals surface area contributed by atoms with E-state index in [1.54, 1.807) is 7.05 Å². The summed E-state index contributed by atoms with van der Waals surface area (Å²) in [6.07, 6.45) is 1.83. The molecular weight excluding hydrogens is 266 g/mol. The molecule has 2 atom stereocenters. The van der Waals surface area contributed by atoms with Crippen molar-refractivity contribution in [1.82, 2.24) is 5.32 Å². The number of nitrogens with one attached hydrogen (secondary N) is 1. The van der Waals surface area contributed by atoms with Crippen molar-refractivity contribution in [2.24, 2.45) is 0 Å². The summed E-state index contributed by atoms with van der Waals surface area (Å²) >= 11 is 0. The van der Waals surface area contributed by atoms with Crippen LogP contribution in [0.1, 0.15) is 50.2 Å². The van der Waals surface area contributed by atoms with Crippen molar-refractivity contribution < 1.29 is 14.6 Å².